The van der Waals surface area contributed by atoms with Crippen molar-refractivity contribution in [2.75, 3.05) is 5.32 Å². The third-order valence-corrected chi connectivity index (χ3v) is 3.76. The van der Waals surface area contributed by atoms with Gasteiger partial charge < -0.3 is 5.32 Å². The van der Waals surface area contributed by atoms with Crippen LogP contribution in [0.15, 0.2) is 12.4 Å². The maximum absolute atomic E-state index is 4.37. The zero-order valence-electron chi connectivity index (χ0n) is 10.6. The Bertz CT molecular complexity index is 518. The highest BCUT2D eigenvalue weighted by Gasteiger charge is 2.27. The lowest BCUT2D eigenvalue weighted by molar-refractivity contribution is 0.265. The van der Waals surface area contributed by atoms with E-state index < -0.39 is 0 Å². The van der Waals surface area contributed by atoms with E-state index in [0.29, 0.717) is 11.7 Å². The number of fused-ring (bicyclic) bond motifs is 1. The molecular formula is C12H18N6. The van der Waals surface area contributed by atoms with Gasteiger partial charge in [-0.15, -0.1) is 5.10 Å². The van der Waals surface area contributed by atoms with E-state index in [9.17, 15) is 0 Å². The lowest BCUT2D eigenvalue weighted by Crippen LogP contribution is -2.34. The average molecular weight is 246 g/mol. The van der Waals surface area contributed by atoms with E-state index >= 15 is 0 Å². The standard InChI is InChI=1S/C12H18N6/c1-2-4-10(9-5-3-6-9)14-11-12-15-16-17-18(12)8-7-13-11/h7-10H,2-6H2,1H3,(H,13,14). The minimum atomic E-state index is 0.499. The predicted octanol–water partition coefficient (Wildman–Crippen LogP) is 1.90. The number of hydrogen-bond acceptors (Lipinski definition) is 5. The Morgan fingerprint density at radius 3 is 3.11 bits per heavy atom. The van der Waals surface area contributed by atoms with Gasteiger partial charge in [0.15, 0.2) is 5.82 Å². The molecule has 1 aliphatic carbocycles. The number of anilines is 1. The molecule has 0 radical (unpaired) electrons. The van der Waals surface area contributed by atoms with Gasteiger partial charge in [-0.25, -0.2) is 4.98 Å². The quantitative estimate of drug-likeness (QED) is 0.872. The zero-order chi connectivity index (χ0) is 12.4. The third-order valence-electron chi connectivity index (χ3n) is 3.76. The topological polar surface area (TPSA) is 68.0 Å². The molecular weight excluding hydrogens is 228 g/mol. The molecule has 1 N–H and O–H groups in total. The van der Waals surface area contributed by atoms with Crippen LogP contribution < -0.4 is 5.32 Å². The van der Waals surface area contributed by atoms with Crippen LogP contribution in [0.1, 0.15) is 39.0 Å². The number of rotatable bonds is 5. The van der Waals surface area contributed by atoms with Crippen molar-refractivity contribution in [1.82, 2.24) is 25.0 Å². The molecule has 1 saturated carbocycles. The molecule has 2 aromatic rings. The summed E-state index contributed by atoms with van der Waals surface area (Å²) >= 11 is 0. The molecule has 1 atom stereocenters. The molecule has 1 fully saturated rings. The smallest absolute Gasteiger partial charge is 0.221 e. The van der Waals surface area contributed by atoms with E-state index in [1.807, 2.05) is 0 Å². The monoisotopic (exact) mass is 246 g/mol. The first-order chi connectivity index (χ1) is 8.88. The minimum Gasteiger partial charge on any atom is -0.364 e. The number of hydrogen-bond donors (Lipinski definition) is 1. The summed E-state index contributed by atoms with van der Waals surface area (Å²) in [5.74, 6) is 1.58. The first-order valence-electron chi connectivity index (χ1n) is 6.67. The van der Waals surface area contributed by atoms with E-state index in [-0.39, 0.29) is 0 Å². The van der Waals surface area contributed by atoms with Gasteiger partial charge in [-0.3, -0.25) is 0 Å². The zero-order valence-corrected chi connectivity index (χ0v) is 10.6. The number of nitrogens with zero attached hydrogens (tertiary/aromatic N) is 5. The molecule has 0 amide bonds. The van der Waals surface area contributed by atoms with Gasteiger partial charge in [0, 0.05) is 12.2 Å². The third kappa shape index (κ3) is 2.02. The van der Waals surface area contributed by atoms with Gasteiger partial charge in [-0.1, -0.05) is 19.8 Å². The summed E-state index contributed by atoms with van der Waals surface area (Å²) < 4.78 is 1.65. The molecule has 96 valence electrons. The first-order valence-corrected chi connectivity index (χ1v) is 6.67. The molecule has 0 aliphatic heterocycles. The van der Waals surface area contributed by atoms with Crippen molar-refractivity contribution in [2.24, 2.45) is 5.92 Å². The van der Waals surface area contributed by atoms with Crippen LogP contribution in [-0.4, -0.2) is 31.1 Å². The van der Waals surface area contributed by atoms with Gasteiger partial charge in [0.05, 0.1) is 6.20 Å². The van der Waals surface area contributed by atoms with E-state index in [2.05, 4.69) is 32.7 Å². The van der Waals surface area contributed by atoms with Crippen LogP contribution in [0.3, 0.4) is 0 Å². The summed E-state index contributed by atoms with van der Waals surface area (Å²) in [5.41, 5.74) is 0.706. The van der Waals surface area contributed by atoms with Crippen LogP contribution >= 0.6 is 0 Å². The number of aromatic nitrogens is 5. The van der Waals surface area contributed by atoms with Gasteiger partial charge in [-0.2, -0.15) is 4.52 Å². The van der Waals surface area contributed by atoms with E-state index in [4.69, 9.17) is 0 Å². The van der Waals surface area contributed by atoms with Crippen molar-refractivity contribution >= 4 is 11.5 Å². The van der Waals surface area contributed by atoms with E-state index in [1.165, 1.54) is 32.1 Å². The summed E-state index contributed by atoms with van der Waals surface area (Å²) in [4.78, 5) is 4.37. The van der Waals surface area contributed by atoms with E-state index in [1.54, 1.807) is 16.9 Å². The average Bonchev–Trinajstić information content (AvgIpc) is 2.76. The molecule has 0 bridgehead atoms. The fraction of sp³-hybridized carbons (Fsp3) is 0.667. The Kier molecular flexibility index (Phi) is 3.08. The second kappa shape index (κ2) is 4.88. The van der Waals surface area contributed by atoms with Crippen molar-refractivity contribution in [3.05, 3.63) is 12.4 Å². The number of nitrogens with one attached hydrogen (secondary N) is 1. The van der Waals surface area contributed by atoms with Gasteiger partial charge >= 0.3 is 0 Å². The molecule has 0 spiro atoms. The summed E-state index contributed by atoms with van der Waals surface area (Å²) in [5, 5.41) is 15.1. The second-order valence-electron chi connectivity index (χ2n) is 4.95. The van der Waals surface area contributed by atoms with Crippen molar-refractivity contribution < 1.29 is 0 Å². The molecule has 3 rings (SSSR count). The first kappa shape index (κ1) is 11.4. The maximum atomic E-state index is 4.37. The molecule has 2 aromatic heterocycles. The van der Waals surface area contributed by atoms with Crippen molar-refractivity contribution in [2.45, 2.75) is 45.1 Å². The van der Waals surface area contributed by atoms with Gasteiger partial charge in [0.25, 0.3) is 0 Å². The molecule has 6 heteroatoms. The van der Waals surface area contributed by atoms with Crippen molar-refractivity contribution in [3.63, 3.8) is 0 Å². The normalized spacial score (nSPS) is 17.6. The highest BCUT2D eigenvalue weighted by molar-refractivity contribution is 5.61. The van der Waals surface area contributed by atoms with Gasteiger partial charge in [0.2, 0.25) is 5.65 Å². The fourth-order valence-corrected chi connectivity index (χ4v) is 2.54. The van der Waals surface area contributed by atoms with Gasteiger partial charge in [0.1, 0.15) is 0 Å². The lowest BCUT2D eigenvalue weighted by atomic mass is 9.78. The molecule has 1 unspecified atom stereocenters. The Morgan fingerprint density at radius 1 is 1.50 bits per heavy atom. The Labute approximate surface area is 106 Å². The fourth-order valence-electron chi connectivity index (χ4n) is 2.54. The molecule has 1 aliphatic rings. The predicted molar refractivity (Wildman–Crippen MR) is 68.2 cm³/mol. The highest BCUT2D eigenvalue weighted by Crippen LogP contribution is 2.33. The highest BCUT2D eigenvalue weighted by atomic mass is 15.5. The van der Waals surface area contributed by atoms with Crippen molar-refractivity contribution in [3.8, 4) is 0 Å². The van der Waals surface area contributed by atoms with Crippen molar-refractivity contribution in [1.29, 1.82) is 0 Å². The summed E-state index contributed by atoms with van der Waals surface area (Å²) in [6, 6.07) is 0.499. The summed E-state index contributed by atoms with van der Waals surface area (Å²) in [6.45, 7) is 2.22. The Morgan fingerprint density at radius 2 is 2.39 bits per heavy atom. The Balaban J connectivity index is 1.82. The molecule has 2 heterocycles. The van der Waals surface area contributed by atoms with Crippen LogP contribution in [-0.2, 0) is 0 Å². The van der Waals surface area contributed by atoms with Crippen LogP contribution in [0.4, 0.5) is 5.82 Å². The van der Waals surface area contributed by atoms with E-state index in [0.717, 1.165) is 11.7 Å². The maximum Gasteiger partial charge on any atom is 0.221 e. The summed E-state index contributed by atoms with van der Waals surface area (Å²) in [7, 11) is 0. The Hall–Kier alpha value is -1.72. The number of tetrazole rings is 1. The second-order valence-corrected chi connectivity index (χ2v) is 4.95. The van der Waals surface area contributed by atoms with Crippen LogP contribution in [0, 0.1) is 5.92 Å². The van der Waals surface area contributed by atoms with Crippen LogP contribution in [0.2, 0.25) is 0 Å². The van der Waals surface area contributed by atoms with Gasteiger partial charge in [-0.05, 0) is 35.6 Å². The summed E-state index contributed by atoms with van der Waals surface area (Å²) in [6.07, 6.45) is 9.86. The molecule has 18 heavy (non-hydrogen) atoms. The van der Waals surface area contributed by atoms with Crippen LogP contribution in [0.5, 0.6) is 0 Å². The molecule has 6 nitrogen and oxygen atoms in total. The SMILES string of the molecule is CCCC(Nc1nccn2nnnc12)C1CCC1. The molecule has 0 saturated heterocycles. The lowest BCUT2D eigenvalue weighted by Gasteiger charge is -2.34. The molecule has 0 aromatic carbocycles. The van der Waals surface area contributed by atoms with Crippen LogP contribution in [0.25, 0.3) is 5.65 Å². The largest absolute Gasteiger partial charge is 0.364 e. The minimum absolute atomic E-state index is 0.499.